The fourth-order valence-corrected chi connectivity index (χ4v) is 1.44. The summed E-state index contributed by atoms with van der Waals surface area (Å²) in [6.45, 7) is 4.20. The second-order valence-corrected chi connectivity index (χ2v) is 3.63. The number of likely N-dealkylation sites (tertiary alicyclic amines) is 1. The summed E-state index contributed by atoms with van der Waals surface area (Å²) in [6.07, 6.45) is 0. The lowest BCUT2D eigenvalue weighted by Crippen LogP contribution is -2.56. The number of hydrogen-bond acceptors (Lipinski definition) is 2. The Morgan fingerprint density at radius 1 is 1.78 bits per heavy atom. The van der Waals surface area contributed by atoms with Crippen LogP contribution in [-0.4, -0.2) is 29.4 Å². The maximum atomic E-state index is 8.24. The van der Waals surface area contributed by atoms with E-state index in [1.807, 2.05) is 11.8 Å². The van der Waals surface area contributed by atoms with E-state index >= 15 is 0 Å². The highest BCUT2D eigenvalue weighted by Crippen LogP contribution is 2.26. The molecule has 1 rings (SSSR count). The number of hydrogen-bond donors (Lipinski definition) is 0. The minimum Gasteiger partial charge on any atom is -0.287 e. The molecule has 0 saturated carbocycles. The molecule has 0 aromatic rings. The fourth-order valence-electron chi connectivity index (χ4n) is 1.10. The van der Waals surface area contributed by atoms with Gasteiger partial charge in [-0.1, -0.05) is 0 Å². The van der Waals surface area contributed by atoms with E-state index in [9.17, 15) is 0 Å². The first kappa shape index (κ1) is 6.85. The van der Waals surface area contributed by atoms with E-state index in [-0.39, 0.29) is 4.87 Å². The minimum absolute atomic E-state index is 0.0587. The van der Waals surface area contributed by atoms with Crippen LogP contribution < -0.4 is 0 Å². The van der Waals surface area contributed by atoms with E-state index in [2.05, 4.69) is 6.07 Å². The number of rotatable bonds is 1. The molecule has 3 heteroatoms. The van der Waals surface area contributed by atoms with Crippen molar-refractivity contribution in [2.24, 2.45) is 0 Å². The van der Waals surface area contributed by atoms with Crippen molar-refractivity contribution in [2.45, 2.75) is 11.8 Å². The van der Waals surface area contributed by atoms with E-state index in [0.717, 1.165) is 13.1 Å². The molecule has 0 N–H and O–H groups in total. The molecule has 0 bridgehead atoms. The van der Waals surface area contributed by atoms with Crippen LogP contribution in [0.25, 0.3) is 0 Å². The van der Waals surface area contributed by atoms with Crippen LogP contribution in [-0.2, 0) is 0 Å². The van der Waals surface area contributed by atoms with Gasteiger partial charge in [0.1, 0.15) is 0 Å². The van der Waals surface area contributed by atoms with Crippen molar-refractivity contribution < 1.29 is 0 Å². The van der Waals surface area contributed by atoms with Gasteiger partial charge < -0.3 is 0 Å². The Hall–Kier alpha value is -0.260. The van der Waals surface area contributed by atoms with Crippen LogP contribution in [0.3, 0.4) is 0 Å². The highest BCUT2D eigenvalue weighted by molar-refractivity contribution is 6.24. The first-order valence-electron chi connectivity index (χ1n) is 2.92. The van der Waals surface area contributed by atoms with Gasteiger partial charge in [0.15, 0.2) is 0 Å². The smallest absolute Gasteiger partial charge is 0.0867 e. The van der Waals surface area contributed by atoms with Gasteiger partial charge in [0.25, 0.3) is 0 Å². The molecule has 0 aliphatic carbocycles. The molecule has 1 heterocycles. The SMILES string of the molecule is CC1(Cl)CN(CC#N)C1. The number of nitriles is 1. The van der Waals surface area contributed by atoms with Crippen molar-refractivity contribution in [3.8, 4) is 6.07 Å². The molecular formula is C6H9ClN2. The molecule has 1 aliphatic rings. The molecule has 0 radical (unpaired) electrons. The zero-order valence-electron chi connectivity index (χ0n) is 5.39. The Bertz CT molecular complexity index is 140. The zero-order chi connectivity index (χ0) is 6.91. The minimum atomic E-state index is -0.0587. The molecule has 0 aromatic carbocycles. The first-order valence-corrected chi connectivity index (χ1v) is 3.30. The van der Waals surface area contributed by atoms with Crippen molar-refractivity contribution in [2.75, 3.05) is 19.6 Å². The van der Waals surface area contributed by atoms with Crippen molar-refractivity contribution in [3.05, 3.63) is 0 Å². The van der Waals surface area contributed by atoms with Crippen molar-refractivity contribution in [1.82, 2.24) is 4.90 Å². The highest BCUT2D eigenvalue weighted by Gasteiger charge is 2.35. The Morgan fingerprint density at radius 2 is 2.33 bits per heavy atom. The number of alkyl halides is 1. The Kier molecular flexibility index (Phi) is 1.65. The molecule has 1 aliphatic heterocycles. The molecular weight excluding hydrogens is 136 g/mol. The van der Waals surface area contributed by atoms with Crippen molar-refractivity contribution >= 4 is 11.6 Å². The third kappa shape index (κ3) is 1.57. The predicted octanol–water partition coefficient (Wildman–Crippen LogP) is 0.823. The monoisotopic (exact) mass is 144 g/mol. The van der Waals surface area contributed by atoms with Crippen molar-refractivity contribution in [1.29, 1.82) is 5.26 Å². The van der Waals surface area contributed by atoms with Gasteiger partial charge in [-0.15, -0.1) is 11.6 Å². The summed E-state index contributed by atoms with van der Waals surface area (Å²) < 4.78 is 0. The molecule has 9 heavy (non-hydrogen) atoms. The molecule has 50 valence electrons. The molecule has 0 unspecified atom stereocenters. The third-order valence-electron chi connectivity index (χ3n) is 1.40. The topological polar surface area (TPSA) is 27.0 Å². The molecule has 0 aromatic heterocycles. The summed E-state index contributed by atoms with van der Waals surface area (Å²) in [4.78, 5) is 1.96. The van der Waals surface area contributed by atoms with E-state index in [4.69, 9.17) is 16.9 Å². The van der Waals surface area contributed by atoms with Crippen LogP contribution in [0, 0.1) is 11.3 Å². The van der Waals surface area contributed by atoms with Crippen LogP contribution in [0.4, 0.5) is 0 Å². The average molecular weight is 145 g/mol. The first-order chi connectivity index (χ1) is 4.14. The molecule has 0 spiro atoms. The van der Waals surface area contributed by atoms with Gasteiger partial charge in [-0.3, -0.25) is 4.90 Å². The van der Waals surface area contributed by atoms with Crippen LogP contribution in [0.1, 0.15) is 6.92 Å². The summed E-state index contributed by atoms with van der Waals surface area (Å²) in [5.74, 6) is 0. The maximum absolute atomic E-state index is 8.24. The van der Waals surface area contributed by atoms with E-state index < -0.39 is 0 Å². The summed E-state index contributed by atoms with van der Waals surface area (Å²) in [6, 6.07) is 2.07. The van der Waals surface area contributed by atoms with Gasteiger partial charge >= 0.3 is 0 Å². The molecule has 0 atom stereocenters. The van der Waals surface area contributed by atoms with Crippen LogP contribution in [0.15, 0.2) is 0 Å². The van der Waals surface area contributed by atoms with Crippen molar-refractivity contribution in [3.63, 3.8) is 0 Å². The lowest BCUT2D eigenvalue weighted by molar-refractivity contribution is 0.152. The molecule has 2 nitrogen and oxygen atoms in total. The summed E-state index contributed by atoms with van der Waals surface area (Å²) in [5, 5.41) is 8.24. The van der Waals surface area contributed by atoms with Crippen LogP contribution in [0.5, 0.6) is 0 Å². The van der Waals surface area contributed by atoms with E-state index in [1.54, 1.807) is 0 Å². The molecule has 1 saturated heterocycles. The lowest BCUT2D eigenvalue weighted by atomic mass is 10.0. The Balaban J connectivity index is 2.21. The predicted molar refractivity (Wildman–Crippen MR) is 36.3 cm³/mol. The third-order valence-corrected chi connectivity index (χ3v) is 1.64. The quantitative estimate of drug-likeness (QED) is 0.403. The number of nitrogens with zero attached hydrogens (tertiary/aromatic N) is 2. The maximum Gasteiger partial charge on any atom is 0.0867 e. The fraction of sp³-hybridized carbons (Fsp3) is 0.833. The van der Waals surface area contributed by atoms with Crippen LogP contribution in [0.2, 0.25) is 0 Å². The standard InChI is InChI=1S/C6H9ClN2/c1-6(7)4-9(5-6)3-2-8/h3-5H2,1H3. The summed E-state index contributed by atoms with van der Waals surface area (Å²) >= 11 is 5.88. The van der Waals surface area contributed by atoms with Gasteiger partial charge in [-0.2, -0.15) is 5.26 Å². The average Bonchev–Trinajstić information content (AvgIpc) is 1.62. The summed E-state index contributed by atoms with van der Waals surface area (Å²) in [5.41, 5.74) is 0. The van der Waals surface area contributed by atoms with Gasteiger partial charge in [-0.05, 0) is 6.92 Å². The molecule has 1 fully saturated rings. The Labute approximate surface area is 60.0 Å². The van der Waals surface area contributed by atoms with Gasteiger partial charge in [0, 0.05) is 13.1 Å². The van der Waals surface area contributed by atoms with E-state index in [1.165, 1.54) is 0 Å². The molecule has 0 amide bonds. The number of halogens is 1. The second-order valence-electron chi connectivity index (χ2n) is 2.72. The zero-order valence-corrected chi connectivity index (χ0v) is 6.15. The van der Waals surface area contributed by atoms with Gasteiger partial charge in [0.2, 0.25) is 0 Å². The Morgan fingerprint density at radius 3 is 2.67 bits per heavy atom. The highest BCUT2D eigenvalue weighted by atomic mass is 35.5. The van der Waals surface area contributed by atoms with E-state index in [0.29, 0.717) is 6.54 Å². The normalized spacial score (nSPS) is 24.6. The second kappa shape index (κ2) is 2.17. The summed E-state index contributed by atoms with van der Waals surface area (Å²) in [7, 11) is 0. The lowest BCUT2D eigenvalue weighted by Gasteiger charge is -2.42. The van der Waals surface area contributed by atoms with Gasteiger partial charge in [-0.25, -0.2) is 0 Å². The van der Waals surface area contributed by atoms with Crippen LogP contribution >= 0.6 is 11.6 Å². The largest absolute Gasteiger partial charge is 0.287 e. The van der Waals surface area contributed by atoms with Gasteiger partial charge in [0.05, 0.1) is 17.5 Å².